The minimum atomic E-state index is -3.13. The Hall–Kier alpha value is -0.670. The maximum absolute atomic E-state index is 11.6. The third kappa shape index (κ3) is 4.80. The lowest BCUT2D eigenvalue weighted by Crippen LogP contribution is -2.11. The van der Waals surface area contributed by atoms with Gasteiger partial charge >= 0.3 is 5.97 Å². The summed E-state index contributed by atoms with van der Waals surface area (Å²) in [5.74, 6) is -0.626. The van der Waals surface area contributed by atoms with Crippen LogP contribution in [0.1, 0.15) is 6.92 Å². The summed E-state index contributed by atoms with van der Waals surface area (Å²) < 4.78 is 20.8. The van der Waals surface area contributed by atoms with Crippen molar-refractivity contribution in [3.05, 3.63) is 0 Å². The highest BCUT2D eigenvalue weighted by Gasteiger charge is 2.26. The van der Waals surface area contributed by atoms with E-state index in [1.54, 1.807) is 6.92 Å². The second-order valence-corrected chi connectivity index (χ2v) is 4.88. The Morgan fingerprint density at radius 1 is 1.54 bits per heavy atom. The van der Waals surface area contributed by atoms with E-state index >= 15 is 0 Å². The molecule has 5 nitrogen and oxygen atoms in total. The second-order valence-electron chi connectivity index (χ2n) is 2.32. The van der Waals surface area contributed by atoms with Crippen molar-refractivity contribution in [1.82, 2.24) is 0 Å². The second kappa shape index (κ2) is 5.89. The van der Waals surface area contributed by atoms with Crippen LogP contribution in [0.25, 0.3) is 0 Å². The first-order chi connectivity index (χ1) is 6.08. The molecule has 0 aromatic carbocycles. The van der Waals surface area contributed by atoms with Crippen LogP contribution in [0, 0.1) is 0 Å². The van der Waals surface area contributed by atoms with Crippen molar-refractivity contribution in [2.75, 3.05) is 26.0 Å². The van der Waals surface area contributed by atoms with Gasteiger partial charge in [0.15, 0.2) is 0 Å². The number of esters is 1. The molecule has 0 aliphatic heterocycles. The van der Waals surface area contributed by atoms with Crippen LogP contribution < -0.4 is 0 Å². The molecule has 0 heterocycles. The van der Waals surface area contributed by atoms with Crippen LogP contribution >= 0.6 is 7.37 Å². The monoisotopic (exact) mass is 208 g/mol. The van der Waals surface area contributed by atoms with E-state index in [1.807, 2.05) is 0 Å². The van der Waals surface area contributed by atoms with E-state index in [-0.39, 0.29) is 18.9 Å². The fraction of sp³-hybridized carbons (Fsp3) is 0.714. The lowest BCUT2D eigenvalue weighted by atomic mass is 10.8. The van der Waals surface area contributed by atoms with Gasteiger partial charge in [-0.05, 0) is 6.92 Å². The average Bonchev–Trinajstić information content (AvgIpc) is 2.04. The van der Waals surface area contributed by atoms with E-state index in [1.165, 1.54) is 7.11 Å². The molecule has 0 saturated carbocycles. The number of rotatable bonds is 6. The predicted octanol–water partition coefficient (Wildman–Crippen LogP) is 0.673. The zero-order chi connectivity index (χ0) is 10.3. The van der Waals surface area contributed by atoms with E-state index in [4.69, 9.17) is 4.52 Å². The van der Waals surface area contributed by atoms with Gasteiger partial charge in [-0.25, -0.2) is 0 Å². The van der Waals surface area contributed by atoms with Crippen LogP contribution in [0.3, 0.4) is 0 Å². The Morgan fingerprint density at radius 2 is 2.15 bits per heavy atom. The van der Waals surface area contributed by atoms with Gasteiger partial charge in [0.05, 0.1) is 19.9 Å². The number of aldehydes is 1. The number of methoxy groups -OCH3 is 1. The SMILES string of the molecule is CCOP(=O)(CC=O)CC(=O)OC. The van der Waals surface area contributed by atoms with Crippen molar-refractivity contribution in [2.45, 2.75) is 6.92 Å². The third-order valence-electron chi connectivity index (χ3n) is 1.31. The third-order valence-corrected chi connectivity index (χ3v) is 3.49. The lowest BCUT2D eigenvalue weighted by molar-refractivity contribution is -0.137. The molecule has 0 bridgehead atoms. The molecule has 0 aliphatic rings. The highest BCUT2D eigenvalue weighted by atomic mass is 31.2. The van der Waals surface area contributed by atoms with Gasteiger partial charge in [-0.2, -0.15) is 0 Å². The van der Waals surface area contributed by atoms with E-state index in [0.717, 1.165) is 0 Å². The molecule has 0 amide bonds. The van der Waals surface area contributed by atoms with Crippen molar-refractivity contribution in [3.63, 3.8) is 0 Å². The van der Waals surface area contributed by atoms with Crippen LogP contribution in [0.4, 0.5) is 0 Å². The van der Waals surface area contributed by atoms with E-state index in [9.17, 15) is 14.2 Å². The smallest absolute Gasteiger partial charge is 0.315 e. The standard InChI is InChI=1S/C7H13O5P/c1-3-12-13(10,5-4-8)6-7(9)11-2/h4H,3,5-6H2,1-2H3. The van der Waals surface area contributed by atoms with Crippen molar-refractivity contribution in [1.29, 1.82) is 0 Å². The molecular formula is C7H13O5P. The average molecular weight is 208 g/mol. The summed E-state index contributed by atoms with van der Waals surface area (Å²) in [6.07, 6.45) is -0.0919. The summed E-state index contributed by atoms with van der Waals surface area (Å²) in [4.78, 5) is 20.9. The maximum Gasteiger partial charge on any atom is 0.315 e. The molecule has 0 saturated heterocycles. The van der Waals surface area contributed by atoms with Crippen molar-refractivity contribution in [3.8, 4) is 0 Å². The highest BCUT2D eigenvalue weighted by Crippen LogP contribution is 2.45. The Balaban J connectivity index is 4.31. The molecule has 0 aromatic rings. The molecule has 0 aromatic heterocycles. The fourth-order valence-electron chi connectivity index (χ4n) is 0.773. The first-order valence-corrected chi connectivity index (χ1v) is 5.80. The molecule has 0 N–H and O–H groups in total. The minimum Gasteiger partial charge on any atom is -0.469 e. The summed E-state index contributed by atoms with van der Waals surface area (Å²) in [7, 11) is -1.94. The van der Waals surface area contributed by atoms with Crippen LogP contribution in [0.15, 0.2) is 0 Å². The molecule has 0 fully saturated rings. The molecule has 0 spiro atoms. The Kier molecular flexibility index (Phi) is 5.58. The van der Waals surface area contributed by atoms with Crippen molar-refractivity contribution >= 4 is 19.6 Å². The van der Waals surface area contributed by atoms with Gasteiger partial charge in [0.1, 0.15) is 12.4 Å². The molecule has 0 radical (unpaired) electrons. The van der Waals surface area contributed by atoms with Crippen LogP contribution in [0.5, 0.6) is 0 Å². The van der Waals surface area contributed by atoms with E-state index in [2.05, 4.69) is 4.74 Å². The lowest BCUT2D eigenvalue weighted by Gasteiger charge is -2.13. The minimum absolute atomic E-state index is 0.210. The van der Waals surface area contributed by atoms with Crippen LogP contribution in [-0.2, 0) is 23.4 Å². The number of hydrogen-bond donors (Lipinski definition) is 0. The van der Waals surface area contributed by atoms with Crippen LogP contribution in [0.2, 0.25) is 0 Å². The van der Waals surface area contributed by atoms with Gasteiger partial charge in [0, 0.05) is 0 Å². The van der Waals surface area contributed by atoms with Gasteiger partial charge < -0.3 is 14.1 Å². The molecule has 1 atom stereocenters. The fourth-order valence-corrected chi connectivity index (χ4v) is 2.32. The quantitative estimate of drug-likeness (QED) is 0.364. The predicted molar refractivity (Wildman–Crippen MR) is 47.0 cm³/mol. The maximum atomic E-state index is 11.6. The summed E-state index contributed by atoms with van der Waals surface area (Å²) in [6, 6.07) is 0. The molecule has 13 heavy (non-hydrogen) atoms. The van der Waals surface area contributed by atoms with Gasteiger partial charge in [0.25, 0.3) is 0 Å². The zero-order valence-electron chi connectivity index (χ0n) is 7.69. The van der Waals surface area contributed by atoms with Gasteiger partial charge in [0.2, 0.25) is 7.37 Å². The van der Waals surface area contributed by atoms with Crippen molar-refractivity contribution in [2.24, 2.45) is 0 Å². The van der Waals surface area contributed by atoms with E-state index in [0.29, 0.717) is 6.29 Å². The molecule has 0 rings (SSSR count). The van der Waals surface area contributed by atoms with E-state index < -0.39 is 13.3 Å². The highest BCUT2D eigenvalue weighted by molar-refractivity contribution is 7.60. The first-order valence-electron chi connectivity index (χ1n) is 3.81. The summed E-state index contributed by atoms with van der Waals surface area (Å²) in [5.41, 5.74) is 0. The molecule has 76 valence electrons. The summed E-state index contributed by atoms with van der Waals surface area (Å²) in [6.45, 7) is 1.86. The van der Waals surface area contributed by atoms with Gasteiger partial charge in [-0.15, -0.1) is 0 Å². The Bertz CT molecular complexity index is 225. The largest absolute Gasteiger partial charge is 0.469 e. The number of carbonyl (C=O) groups excluding carboxylic acids is 2. The molecule has 6 heteroatoms. The molecule has 0 aliphatic carbocycles. The van der Waals surface area contributed by atoms with Gasteiger partial charge in [-0.1, -0.05) is 0 Å². The number of hydrogen-bond acceptors (Lipinski definition) is 5. The first kappa shape index (κ1) is 12.3. The Labute approximate surface area is 76.9 Å². The molecule has 1 unspecified atom stereocenters. The number of carbonyl (C=O) groups is 2. The molecular weight excluding hydrogens is 195 g/mol. The van der Waals surface area contributed by atoms with Crippen molar-refractivity contribution < 1.29 is 23.4 Å². The van der Waals surface area contributed by atoms with Gasteiger partial charge in [-0.3, -0.25) is 9.36 Å². The normalized spacial score (nSPS) is 14.6. The summed E-state index contributed by atoms with van der Waals surface area (Å²) in [5, 5.41) is 0. The topological polar surface area (TPSA) is 69.7 Å². The zero-order valence-corrected chi connectivity index (χ0v) is 8.58. The van der Waals surface area contributed by atoms with Crippen LogP contribution in [-0.4, -0.2) is 38.3 Å². The summed E-state index contributed by atoms with van der Waals surface area (Å²) >= 11 is 0. The Morgan fingerprint density at radius 3 is 2.54 bits per heavy atom. The number of ether oxygens (including phenoxy) is 1.